The van der Waals surface area contributed by atoms with Gasteiger partial charge in [-0.05, 0) is 18.2 Å². The van der Waals surface area contributed by atoms with Crippen molar-refractivity contribution in [2.45, 2.75) is 6.54 Å². The van der Waals surface area contributed by atoms with E-state index in [1.165, 1.54) is 12.3 Å². The molecule has 1 amide bonds. The van der Waals surface area contributed by atoms with Crippen molar-refractivity contribution in [2.24, 2.45) is 0 Å². The maximum absolute atomic E-state index is 11.6. The van der Waals surface area contributed by atoms with Gasteiger partial charge in [0.1, 0.15) is 5.69 Å². The van der Waals surface area contributed by atoms with Crippen LogP contribution in [0.15, 0.2) is 41.3 Å². The van der Waals surface area contributed by atoms with Crippen molar-refractivity contribution in [2.75, 3.05) is 0 Å². The van der Waals surface area contributed by atoms with E-state index in [0.29, 0.717) is 17.3 Å². The van der Waals surface area contributed by atoms with Crippen LogP contribution in [0.2, 0.25) is 5.02 Å². The van der Waals surface area contributed by atoms with Crippen LogP contribution < -0.4 is 5.32 Å². The minimum atomic E-state index is -0.260. The van der Waals surface area contributed by atoms with E-state index in [4.69, 9.17) is 16.0 Å². The van der Waals surface area contributed by atoms with Gasteiger partial charge >= 0.3 is 0 Å². The van der Waals surface area contributed by atoms with Crippen LogP contribution in [0.5, 0.6) is 0 Å². The van der Waals surface area contributed by atoms with Crippen molar-refractivity contribution in [3.05, 3.63) is 53.2 Å². The van der Waals surface area contributed by atoms with E-state index < -0.39 is 0 Å². The van der Waals surface area contributed by atoms with Gasteiger partial charge in [-0.3, -0.25) is 9.78 Å². The Hall–Kier alpha value is -1.81. The lowest BCUT2D eigenvalue weighted by atomic mass is 10.3. The van der Waals surface area contributed by atoms with Gasteiger partial charge in [0.05, 0.1) is 12.5 Å². The molecule has 5 heteroatoms. The van der Waals surface area contributed by atoms with Gasteiger partial charge < -0.3 is 9.73 Å². The van der Waals surface area contributed by atoms with Crippen LogP contribution in [-0.4, -0.2) is 10.9 Å². The van der Waals surface area contributed by atoms with E-state index >= 15 is 0 Å². The fourth-order valence-corrected chi connectivity index (χ4v) is 1.35. The number of nitrogens with zero attached hydrogens (tertiary/aromatic N) is 1. The van der Waals surface area contributed by atoms with Crippen molar-refractivity contribution < 1.29 is 9.21 Å². The number of aromatic nitrogens is 1. The van der Waals surface area contributed by atoms with E-state index in [1.54, 1.807) is 24.7 Å². The van der Waals surface area contributed by atoms with Gasteiger partial charge in [-0.1, -0.05) is 11.6 Å². The molecule has 4 nitrogen and oxygen atoms in total. The summed E-state index contributed by atoms with van der Waals surface area (Å²) < 4.78 is 4.88. The van der Waals surface area contributed by atoms with Crippen molar-refractivity contribution >= 4 is 17.5 Å². The molecular formula is C11H9ClN2O2. The van der Waals surface area contributed by atoms with Crippen LogP contribution in [0.4, 0.5) is 0 Å². The molecule has 0 aliphatic heterocycles. The summed E-state index contributed by atoms with van der Waals surface area (Å²) in [6.45, 7) is 0.406. The zero-order valence-corrected chi connectivity index (χ0v) is 9.07. The van der Waals surface area contributed by atoms with E-state index in [1.807, 2.05) is 0 Å². The first kappa shape index (κ1) is 10.7. The quantitative estimate of drug-likeness (QED) is 0.889. The fourth-order valence-electron chi connectivity index (χ4n) is 1.20. The van der Waals surface area contributed by atoms with E-state index in [2.05, 4.69) is 10.3 Å². The van der Waals surface area contributed by atoms with Crippen molar-refractivity contribution in [3.63, 3.8) is 0 Å². The van der Waals surface area contributed by atoms with E-state index in [9.17, 15) is 4.79 Å². The Labute approximate surface area is 97.2 Å². The molecule has 0 unspecified atom stereocenters. The van der Waals surface area contributed by atoms with E-state index in [-0.39, 0.29) is 5.91 Å². The Morgan fingerprint density at radius 3 is 3.06 bits per heavy atom. The first-order valence-electron chi connectivity index (χ1n) is 4.66. The Balaban J connectivity index is 1.98. The summed E-state index contributed by atoms with van der Waals surface area (Å²) in [6.07, 6.45) is 4.62. The highest BCUT2D eigenvalue weighted by atomic mass is 35.5. The zero-order valence-electron chi connectivity index (χ0n) is 8.31. The average molecular weight is 237 g/mol. The summed E-state index contributed by atoms with van der Waals surface area (Å²) in [5.41, 5.74) is 1.20. The van der Waals surface area contributed by atoms with Gasteiger partial charge in [-0.25, -0.2) is 0 Å². The molecule has 0 radical (unpaired) electrons. The smallest absolute Gasteiger partial charge is 0.270 e. The van der Waals surface area contributed by atoms with Crippen LogP contribution in [0.3, 0.4) is 0 Å². The minimum Gasteiger partial charge on any atom is -0.472 e. The number of hydrogen-bond donors (Lipinski definition) is 1. The largest absolute Gasteiger partial charge is 0.472 e. The van der Waals surface area contributed by atoms with Crippen LogP contribution in [-0.2, 0) is 6.54 Å². The molecule has 2 heterocycles. The van der Waals surface area contributed by atoms with Gasteiger partial charge in [-0.15, -0.1) is 0 Å². The second-order valence-electron chi connectivity index (χ2n) is 3.17. The fraction of sp³-hybridized carbons (Fsp3) is 0.0909. The Bertz CT molecular complexity index is 482. The van der Waals surface area contributed by atoms with Gasteiger partial charge in [-0.2, -0.15) is 0 Å². The Morgan fingerprint density at radius 2 is 2.38 bits per heavy atom. The maximum Gasteiger partial charge on any atom is 0.270 e. The summed E-state index contributed by atoms with van der Waals surface area (Å²) >= 11 is 5.75. The topological polar surface area (TPSA) is 55.1 Å². The van der Waals surface area contributed by atoms with Gasteiger partial charge in [0.2, 0.25) is 0 Å². The van der Waals surface area contributed by atoms with Gasteiger partial charge in [0, 0.05) is 23.3 Å². The molecule has 0 atom stereocenters. The van der Waals surface area contributed by atoms with Crippen molar-refractivity contribution in [1.82, 2.24) is 10.3 Å². The molecule has 0 aliphatic carbocycles. The molecule has 0 aliphatic rings. The van der Waals surface area contributed by atoms with Crippen LogP contribution in [0.1, 0.15) is 16.1 Å². The molecule has 16 heavy (non-hydrogen) atoms. The maximum atomic E-state index is 11.6. The van der Waals surface area contributed by atoms with Crippen LogP contribution >= 0.6 is 11.6 Å². The minimum absolute atomic E-state index is 0.260. The summed E-state index contributed by atoms with van der Waals surface area (Å²) in [7, 11) is 0. The molecule has 1 N–H and O–H groups in total. The number of hydrogen-bond acceptors (Lipinski definition) is 3. The highest BCUT2D eigenvalue weighted by Crippen LogP contribution is 2.08. The molecule has 0 spiro atoms. The number of rotatable bonds is 3. The third kappa shape index (κ3) is 2.61. The molecule has 82 valence electrons. The average Bonchev–Trinajstić information content (AvgIpc) is 2.78. The second kappa shape index (κ2) is 4.81. The summed E-state index contributed by atoms with van der Waals surface area (Å²) in [5.74, 6) is -0.260. The number of amides is 1. The molecule has 0 saturated heterocycles. The molecule has 0 bridgehead atoms. The first-order valence-corrected chi connectivity index (χ1v) is 5.04. The van der Waals surface area contributed by atoms with Crippen molar-refractivity contribution in [1.29, 1.82) is 0 Å². The lowest BCUT2D eigenvalue weighted by molar-refractivity contribution is 0.0946. The number of halogens is 1. The van der Waals surface area contributed by atoms with Crippen LogP contribution in [0, 0.1) is 0 Å². The molecule has 2 aromatic rings. The third-order valence-corrected chi connectivity index (χ3v) is 2.22. The summed E-state index contributed by atoms with van der Waals surface area (Å²) in [5, 5.41) is 3.20. The SMILES string of the molecule is O=C(NCc1ccoc1)c1cc(Cl)ccn1. The molecule has 0 aromatic carbocycles. The predicted octanol–water partition coefficient (Wildman–Crippen LogP) is 2.26. The lowest BCUT2D eigenvalue weighted by Gasteiger charge is -2.02. The molecule has 2 aromatic heterocycles. The highest BCUT2D eigenvalue weighted by Gasteiger charge is 2.07. The summed E-state index contributed by atoms with van der Waals surface area (Å²) in [4.78, 5) is 15.5. The zero-order chi connectivity index (χ0) is 11.4. The number of carbonyl (C=O) groups excluding carboxylic acids is 1. The van der Waals surface area contributed by atoms with Crippen LogP contribution in [0.25, 0.3) is 0 Å². The van der Waals surface area contributed by atoms with Gasteiger partial charge in [0.25, 0.3) is 5.91 Å². The van der Waals surface area contributed by atoms with Gasteiger partial charge in [0.15, 0.2) is 0 Å². The molecule has 0 saturated carbocycles. The lowest BCUT2D eigenvalue weighted by Crippen LogP contribution is -2.23. The highest BCUT2D eigenvalue weighted by molar-refractivity contribution is 6.30. The normalized spacial score (nSPS) is 10.1. The number of furan rings is 1. The van der Waals surface area contributed by atoms with E-state index in [0.717, 1.165) is 5.56 Å². The third-order valence-electron chi connectivity index (χ3n) is 1.99. The standard InChI is InChI=1S/C11H9ClN2O2/c12-9-1-3-13-10(5-9)11(15)14-6-8-2-4-16-7-8/h1-5,7H,6H2,(H,14,15). The number of pyridine rings is 1. The number of nitrogens with one attached hydrogen (secondary N) is 1. The molecule has 0 fully saturated rings. The predicted molar refractivity (Wildman–Crippen MR) is 59.1 cm³/mol. The molecule has 2 rings (SSSR count). The monoisotopic (exact) mass is 236 g/mol. The Kier molecular flexibility index (Phi) is 3.22. The first-order chi connectivity index (χ1) is 7.75. The summed E-state index contributed by atoms with van der Waals surface area (Å²) in [6, 6.07) is 4.92. The second-order valence-corrected chi connectivity index (χ2v) is 3.61. The van der Waals surface area contributed by atoms with Crippen molar-refractivity contribution in [3.8, 4) is 0 Å². The number of carbonyl (C=O) groups is 1. The molecular weight excluding hydrogens is 228 g/mol. The Morgan fingerprint density at radius 1 is 1.50 bits per heavy atom.